The zero-order valence-electron chi connectivity index (χ0n) is 14.0. The van der Waals surface area contributed by atoms with Crippen LogP contribution in [-0.4, -0.2) is 40.6 Å². The molecule has 3 heteroatoms. The summed E-state index contributed by atoms with van der Waals surface area (Å²) in [5.74, 6) is 1.26. The molecule has 1 aliphatic heterocycles. The summed E-state index contributed by atoms with van der Waals surface area (Å²) >= 11 is 2.14. The first-order valence-corrected chi connectivity index (χ1v) is 9.36. The van der Waals surface area contributed by atoms with Crippen molar-refractivity contribution in [3.05, 3.63) is 0 Å². The second-order valence-electron chi connectivity index (χ2n) is 8.29. The van der Waals surface area contributed by atoms with Crippen molar-refractivity contribution in [1.82, 2.24) is 4.90 Å². The zero-order chi connectivity index (χ0) is 14.9. The molecule has 1 unspecified atom stereocenters. The van der Waals surface area contributed by atoms with E-state index in [1.807, 2.05) is 0 Å². The third-order valence-electron chi connectivity index (χ3n) is 5.65. The van der Waals surface area contributed by atoms with Crippen LogP contribution in [0.25, 0.3) is 0 Å². The Hall–Kier alpha value is 0.270. The summed E-state index contributed by atoms with van der Waals surface area (Å²) in [5.41, 5.74) is 7.09. The van der Waals surface area contributed by atoms with Gasteiger partial charge in [-0.1, -0.05) is 34.1 Å². The van der Waals surface area contributed by atoms with E-state index in [-0.39, 0.29) is 5.54 Å². The van der Waals surface area contributed by atoms with E-state index in [9.17, 15) is 0 Å². The largest absolute Gasteiger partial charge is 0.329 e. The molecule has 0 radical (unpaired) electrons. The summed E-state index contributed by atoms with van der Waals surface area (Å²) < 4.78 is 0.439. The molecular formula is C17H34N2S. The lowest BCUT2D eigenvalue weighted by Gasteiger charge is -2.43. The molecule has 1 aliphatic carbocycles. The molecular weight excluding hydrogens is 264 g/mol. The predicted octanol–water partition coefficient (Wildman–Crippen LogP) is 3.89. The summed E-state index contributed by atoms with van der Waals surface area (Å²) in [6, 6.07) is 0. The van der Waals surface area contributed by atoms with Gasteiger partial charge in [0.1, 0.15) is 0 Å². The molecule has 1 saturated heterocycles. The molecule has 0 amide bonds. The van der Waals surface area contributed by atoms with Gasteiger partial charge in [-0.3, -0.25) is 4.90 Å². The lowest BCUT2D eigenvalue weighted by Crippen LogP contribution is -2.54. The van der Waals surface area contributed by atoms with Crippen molar-refractivity contribution in [3.63, 3.8) is 0 Å². The summed E-state index contributed by atoms with van der Waals surface area (Å²) in [5, 5.41) is 0. The number of thioether (sulfide) groups is 1. The van der Waals surface area contributed by atoms with Gasteiger partial charge in [0, 0.05) is 35.7 Å². The molecule has 20 heavy (non-hydrogen) atoms. The Balaban J connectivity index is 2.10. The second kappa shape index (κ2) is 6.18. The Morgan fingerprint density at radius 3 is 2.40 bits per heavy atom. The third-order valence-corrected chi connectivity index (χ3v) is 7.02. The maximum atomic E-state index is 6.30. The number of nitrogens with two attached hydrogens (primary N) is 1. The van der Waals surface area contributed by atoms with Crippen LogP contribution in [0.1, 0.15) is 66.2 Å². The second-order valence-corrected chi connectivity index (χ2v) is 10.1. The number of rotatable bonds is 2. The van der Waals surface area contributed by atoms with Gasteiger partial charge in [0.15, 0.2) is 0 Å². The Morgan fingerprint density at radius 1 is 0.950 bits per heavy atom. The van der Waals surface area contributed by atoms with Gasteiger partial charge in [0.05, 0.1) is 0 Å². The average molecular weight is 299 g/mol. The molecule has 118 valence electrons. The Morgan fingerprint density at radius 2 is 1.70 bits per heavy atom. The summed E-state index contributed by atoms with van der Waals surface area (Å²) in [4.78, 5) is 2.76. The number of nitrogens with zero attached hydrogens (tertiary/aromatic N) is 1. The van der Waals surface area contributed by atoms with Crippen molar-refractivity contribution >= 4 is 11.8 Å². The van der Waals surface area contributed by atoms with Gasteiger partial charge in [0.25, 0.3) is 0 Å². The number of hydrogen-bond donors (Lipinski definition) is 1. The van der Waals surface area contributed by atoms with Gasteiger partial charge in [-0.05, 0) is 37.5 Å². The molecule has 0 aromatic heterocycles. The molecule has 2 N–H and O–H groups in total. The summed E-state index contributed by atoms with van der Waals surface area (Å²) in [7, 11) is 0. The van der Waals surface area contributed by atoms with Crippen LogP contribution in [0.2, 0.25) is 0 Å². The van der Waals surface area contributed by atoms with E-state index < -0.39 is 0 Å². The van der Waals surface area contributed by atoms with E-state index in [2.05, 4.69) is 44.4 Å². The lowest BCUT2D eigenvalue weighted by atomic mass is 9.82. The first kappa shape index (κ1) is 16.6. The highest BCUT2D eigenvalue weighted by Crippen LogP contribution is 2.42. The Bertz CT molecular complexity index is 327. The molecule has 0 aromatic carbocycles. The fourth-order valence-electron chi connectivity index (χ4n) is 3.86. The minimum absolute atomic E-state index is 0.286. The quantitative estimate of drug-likeness (QED) is 0.784. The molecule has 1 heterocycles. The van der Waals surface area contributed by atoms with Crippen molar-refractivity contribution in [2.75, 3.05) is 25.4 Å². The van der Waals surface area contributed by atoms with Crippen LogP contribution in [-0.2, 0) is 0 Å². The Labute approximate surface area is 130 Å². The van der Waals surface area contributed by atoms with Gasteiger partial charge in [-0.2, -0.15) is 11.8 Å². The van der Waals surface area contributed by atoms with Crippen LogP contribution in [0.15, 0.2) is 0 Å². The van der Waals surface area contributed by atoms with Crippen molar-refractivity contribution < 1.29 is 0 Å². The molecule has 2 aliphatic rings. The van der Waals surface area contributed by atoms with E-state index >= 15 is 0 Å². The fourth-order valence-corrected chi connectivity index (χ4v) is 4.96. The first-order chi connectivity index (χ1) is 9.29. The summed E-state index contributed by atoms with van der Waals surface area (Å²) in [6.07, 6.45) is 7.93. The number of hydrogen-bond acceptors (Lipinski definition) is 3. The highest BCUT2D eigenvalue weighted by molar-refractivity contribution is 8.00. The van der Waals surface area contributed by atoms with E-state index in [0.717, 1.165) is 6.54 Å². The molecule has 1 saturated carbocycles. The normalized spacial score (nSPS) is 35.2. The van der Waals surface area contributed by atoms with E-state index in [1.54, 1.807) is 0 Å². The van der Waals surface area contributed by atoms with Crippen LogP contribution in [0.4, 0.5) is 0 Å². The van der Waals surface area contributed by atoms with Crippen LogP contribution >= 0.6 is 11.8 Å². The maximum Gasteiger partial charge on any atom is 0.0332 e. The third kappa shape index (κ3) is 3.92. The maximum absolute atomic E-state index is 6.30. The molecule has 0 aromatic rings. The van der Waals surface area contributed by atoms with Crippen LogP contribution < -0.4 is 5.73 Å². The minimum Gasteiger partial charge on any atom is -0.329 e. The Kier molecular flexibility index (Phi) is 5.14. The average Bonchev–Trinajstić information content (AvgIpc) is 2.64. The van der Waals surface area contributed by atoms with Gasteiger partial charge < -0.3 is 5.73 Å². The zero-order valence-corrected chi connectivity index (χ0v) is 14.8. The van der Waals surface area contributed by atoms with Gasteiger partial charge in [-0.25, -0.2) is 0 Å². The van der Waals surface area contributed by atoms with Crippen LogP contribution in [0.5, 0.6) is 0 Å². The predicted molar refractivity (Wildman–Crippen MR) is 91.4 cm³/mol. The lowest BCUT2D eigenvalue weighted by molar-refractivity contribution is 0.0804. The summed E-state index contributed by atoms with van der Waals surface area (Å²) in [6.45, 7) is 13.0. The highest BCUT2D eigenvalue weighted by Gasteiger charge is 2.40. The monoisotopic (exact) mass is 298 g/mol. The van der Waals surface area contributed by atoms with Gasteiger partial charge >= 0.3 is 0 Å². The molecule has 1 atom stereocenters. The smallest absolute Gasteiger partial charge is 0.0332 e. The van der Waals surface area contributed by atoms with E-state index in [0.29, 0.717) is 10.2 Å². The minimum atomic E-state index is 0.286. The van der Waals surface area contributed by atoms with E-state index in [1.165, 1.54) is 57.4 Å². The molecule has 2 fully saturated rings. The topological polar surface area (TPSA) is 29.3 Å². The molecule has 0 bridgehead atoms. The van der Waals surface area contributed by atoms with Crippen molar-refractivity contribution in [1.29, 1.82) is 0 Å². The van der Waals surface area contributed by atoms with Gasteiger partial charge in [-0.15, -0.1) is 0 Å². The van der Waals surface area contributed by atoms with Crippen molar-refractivity contribution in [2.45, 2.75) is 76.5 Å². The molecule has 2 rings (SSSR count). The first-order valence-electron chi connectivity index (χ1n) is 8.38. The fraction of sp³-hybridized carbons (Fsp3) is 1.00. The standard InChI is InChI=1S/C17H34N2S/c1-15(2)6-5-7-17(14-18,9-8-15)19-11-10-16(3,4)20-13-12-19/h5-14,18H2,1-4H3. The van der Waals surface area contributed by atoms with Crippen LogP contribution in [0, 0.1) is 5.41 Å². The molecule has 2 nitrogen and oxygen atoms in total. The SMILES string of the molecule is CC1(C)CCCC(CN)(N2CCSC(C)(C)CC2)CC1. The highest BCUT2D eigenvalue weighted by atomic mass is 32.2. The van der Waals surface area contributed by atoms with Crippen molar-refractivity contribution in [2.24, 2.45) is 11.1 Å². The van der Waals surface area contributed by atoms with Crippen molar-refractivity contribution in [3.8, 4) is 0 Å². The van der Waals surface area contributed by atoms with E-state index in [4.69, 9.17) is 5.73 Å². The molecule has 0 spiro atoms. The van der Waals surface area contributed by atoms with Gasteiger partial charge in [0.2, 0.25) is 0 Å². The van der Waals surface area contributed by atoms with Crippen LogP contribution in [0.3, 0.4) is 0 Å².